The second kappa shape index (κ2) is 4.75. The Bertz CT molecular complexity index is 527. The van der Waals surface area contributed by atoms with Gasteiger partial charge in [-0.05, 0) is 37.8 Å². The summed E-state index contributed by atoms with van der Waals surface area (Å²) in [6.07, 6.45) is 5.17. The van der Waals surface area contributed by atoms with Gasteiger partial charge in [-0.25, -0.2) is 4.79 Å². The number of aryl methyl sites for hydroxylation is 2. The van der Waals surface area contributed by atoms with Crippen molar-refractivity contribution in [3.05, 3.63) is 27.8 Å². The summed E-state index contributed by atoms with van der Waals surface area (Å²) in [5.41, 5.74) is 1.82. The third kappa shape index (κ3) is 1.94. The van der Waals surface area contributed by atoms with Crippen molar-refractivity contribution in [3.63, 3.8) is 0 Å². The number of aromatic hydroxyl groups is 1. The largest absolute Gasteiger partial charge is 0.506 e. The van der Waals surface area contributed by atoms with E-state index in [0.29, 0.717) is 10.6 Å². The van der Waals surface area contributed by atoms with E-state index in [1.165, 1.54) is 0 Å². The van der Waals surface area contributed by atoms with E-state index in [-0.39, 0.29) is 5.75 Å². The fourth-order valence-electron chi connectivity index (χ4n) is 3.00. The van der Waals surface area contributed by atoms with Gasteiger partial charge in [0.15, 0.2) is 0 Å². The van der Waals surface area contributed by atoms with Crippen molar-refractivity contribution < 1.29 is 9.90 Å². The molecule has 96 valence electrons. The normalized spacial score (nSPS) is 17.5. The summed E-state index contributed by atoms with van der Waals surface area (Å²) in [6.45, 7) is 3.77. The highest BCUT2D eigenvalue weighted by Gasteiger charge is 2.39. The molecule has 3 nitrogen and oxygen atoms in total. The van der Waals surface area contributed by atoms with Crippen LogP contribution in [0.4, 0.5) is 0 Å². The van der Waals surface area contributed by atoms with Gasteiger partial charge < -0.3 is 5.11 Å². The van der Waals surface area contributed by atoms with Crippen LogP contribution in [0.15, 0.2) is 11.1 Å². The Morgan fingerprint density at radius 1 is 1.33 bits per heavy atom. The van der Waals surface area contributed by atoms with Gasteiger partial charge in [0.25, 0.3) is 0 Å². The standard InChI is InChI=1S/C14H16ClNO2/c1-9-7-10(2)12(15)13(18)11(9)14(16-8-17)5-3-4-6-14/h7,18H,3-6H2,1-2H3. The number of phenols is 1. The molecule has 1 aromatic rings. The Hall–Kier alpha value is -1.31. The van der Waals surface area contributed by atoms with Crippen LogP contribution in [0, 0.1) is 13.8 Å². The minimum atomic E-state index is -0.632. The van der Waals surface area contributed by atoms with Gasteiger partial charge in [0, 0.05) is 5.56 Å². The highest BCUT2D eigenvalue weighted by Crippen LogP contribution is 2.49. The number of halogens is 1. The Labute approximate surface area is 111 Å². The van der Waals surface area contributed by atoms with E-state index in [2.05, 4.69) is 4.99 Å². The van der Waals surface area contributed by atoms with E-state index in [9.17, 15) is 9.90 Å². The number of carbonyl (C=O) groups excluding carboxylic acids is 1. The first-order valence-electron chi connectivity index (χ1n) is 6.10. The maximum Gasteiger partial charge on any atom is 0.235 e. The number of benzene rings is 1. The molecule has 0 amide bonds. The highest BCUT2D eigenvalue weighted by atomic mass is 35.5. The van der Waals surface area contributed by atoms with Crippen molar-refractivity contribution in [2.45, 2.75) is 45.1 Å². The molecule has 0 bridgehead atoms. The first kappa shape index (κ1) is 13.1. The summed E-state index contributed by atoms with van der Waals surface area (Å²) < 4.78 is 0. The van der Waals surface area contributed by atoms with Crippen LogP contribution in [0.3, 0.4) is 0 Å². The fraction of sp³-hybridized carbons (Fsp3) is 0.500. The van der Waals surface area contributed by atoms with E-state index < -0.39 is 5.54 Å². The molecule has 4 heteroatoms. The molecule has 1 fully saturated rings. The molecule has 1 N–H and O–H groups in total. The predicted octanol–water partition coefficient (Wildman–Crippen LogP) is 3.77. The molecule has 0 aliphatic heterocycles. The third-order valence-electron chi connectivity index (χ3n) is 3.77. The van der Waals surface area contributed by atoms with Crippen molar-refractivity contribution in [3.8, 4) is 5.75 Å². The van der Waals surface area contributed by atoms with E-state index >= 15 is 0 Å². The topological polar surface area (TPSA) is 49.7 Å². The predicted molar refractivity (Wildman–Crippen MR) is 70.9 cm³/mol. The molecule has 0 unspecified atom stereocenters. The lowest BCUT2D eigenvalue weighted by Crippen LogP contribution is -2.21. The van der Waals surface area contributed by atoms with E-state index in [0.717, 1.165) is 36.8 Å². The van der Waals surface area contributed by atoms with Crippen molar-refractivity contribution >= 4 is 17.7 Å². The molecular weight excluding hydrogens is 250 g/mol. The van der Waals surface area contributed by atoms with Crippen LogP contribution in [0.25, 0.3) is 0 Å². The maximum atomic E-state index is 10.7. The van der Waals surface area contributed by atoms with Crippen molar-refractivity contribution in [2.75, 3.05) is 0 Å². The van der Waals surface area contributed by atoms with Gasteiger partial charge in [-0.3, -0.25) is 0 Å². The molecule has 0 radical (unpaired) electrons. The Kier molecular flexibility index (Phi) is 3.47. The summed E-state index contributed by atoms with van der Waals surface area (Å²) in [7, 11) is 0. The first-order valence-corrected chi connectivity index (χ1v) is 6.48. The lowest BCUT2D eigenvalue weighted by Gasteiger charge is -2.26. The van der Waals surface area contributed by atoms with Gasteiger partial charge >= 0.3 is 0 Å². The molecular formula is C14H16ClNO2. The molecule has 0 saturated heterocycles. The summed E-state index contributed by atoms with van der Waals surface area (Å²) in [4.78, 5) is 14.7. The smallest absolute Gasteiger partial charge is 0.235 e. The van der Waals surface area contributed by atoms with Crippen LogP contribution in [0.2, 0.25) is 5.02 Å². The molecule has 1 saturated carbocycles. The zero-order valence-electron chi connectivity index (χ0n) is 10.6. The molecule has 1 aromatic carbocycles. The fourth-order valence-corrected chi connectivity index (χ4v) is 3.14. The summed E-state index contributed by atoms with van der Waals surface area (Å²) in [6, 6.07) is 1.93. The van der Waals surface area contributed by atoms with Crippen molar-refractivity contribution in [2.24, 2.45) is 4.99 Å². The monoisotopic (exact) mass is 265 g/mol. The Balaban J connectivity index is 2.69. The molecule has 18 heavy (non-hydrogen) atoms. The average molecular weight is 266 g/mol. The molecule has 0 spiro atoms. The lowest BCUT2D eigenvalue weighted by atomic mass is 9.84. The van der Waals surface area contributed by atoms with Gasteiger partial charge in [-0.15, -0.1) is 0 Å². The Morgan fingerprint density at radius 3 is 2.50 bits per heavy atom. The van der Waals surface area contributed by atoms with Crippen molar-refractivity contribution in [1.82, 2.24) is 0 Å². The second-order valence-electron chi connectivity index (χ2n) is 4.99. The van der Waals surface area contributed by atoms with Crippen LogP contribution in [-0.4, -0.2) is 11.2 Å². The van der Waals surface area contributed by atoms with Gasteiger partial charge in [-0.1, -0.05) is 30.5 Å². The Morgan fingerprint density at radius 2 is 1.94 bits per heavy atom. The van der Waals surface area contributed by atoms with Crippen LogP contribution in [0.5, 0.6) is 5.75 Å². The molecule has 0 atom stereocenters. The van der Waals surface area contributed by atoms with Crippen LogP contribution < -0.4 is 0 Å². The number of isocyanates is 1. The number of hydrogen-bond acceptors (Lipinski definition) is 3. The minimum absolute atomic E-state index is 0.0649. The average Bonchev–Trinajstić information content (AvgIpc) is 2.76. The van der Waals surface area contributed by atoms with Crippen LogP contribution in [-0.2, 0) is 10.3 Å². The number of aliphatic imine (C=N–C) groups is 1. The van der Waals surface area contributed by atoms with E-state index in [1.54, 1.807) is 6.08 Å². The molecule has 1 aliphatic rings. The lowest BCUT2D eigenvalue weighted by molar-refractivity contribution is 0.406. The molecule has 0 heterocycles. The van der Waals surface area contributed by atoms with E-state index in [1.807, 2.05) is 19.9 Å². The van der Waals surface area contributed by atoms with Gasteiger partial charge in [0.05, 0.1) is 5.02 Å². The third-order valence-corrected chi connectivity index (χ3v) is 4.25. The first-order chi connectivity index (χ1) is 8.52. The van der Waals surface area contributed by atoms with Gasteiger partial charge in [0.1, 0.15) is 11.3 Å². The van der Waals surface area contributed by atoms with Crippen LogP contribution in [0.1, 0.15) is 42.4 Å². The summed E-state index contributed by atoms with van der Waals surface area (Å²) >= 11 is 6.11. The molecule has 0 aromatic heterocycles. The number of phenolic OH excluding ortho intramolecular Hbond substituents is 1. The molecule has 2 rings (SSSR count). The SMILES string of the molecule is Cc1cc(C)c(C2(N=C=O)CCCC2)c(O)c1Cl. The number of rotatable bonds is 2. The second-order valence-corrected chi connectivity index (χ2v) is 5.37. The minimum Gasteiger partial charge on any atom is -0.506 e. The number of hydrogen-bond donors (Lipinski definition) is 1. The molecule has 1 aliphatic carbocycles. The van der Waals surface area contributed by atoms with Gasteiger partial charge in [-0.2, -0.15) is 4.99 Å². The summed E-state index contributed by atoms with van der Waals surface area (Å²) in [5, 5.41) is 10.6. The van der Waals surface area contributed by atoms with E-state index in [4.69, 9.17) is 11.6 Å². The van der Waals surface area contributed by atoms with Gasteiger partial charge in [0.2, 0.25) is 6.08 Å². The quantitative estimate of drug-likeness (QED) is 0.654. The summed E-state index contributed by atoms with van der Waals surface area (Å²) in [5.74, 6) is 0.0649. The zero-order chi connectivity index (χ0) is 13.3. The zero-order valence-corrected chi connectivity index (χ0v) is 11.3. The van der Waals surface area contributed by atoms with Crippen LogP contribution >= 0.6 is 11.6 Å². The number of nitrogens with zero attached hydrogens (tertiary/aromatic N) is 1. The maximum absolute atomic E-state index is 10.7. The van der Waals surface area contributed by atoms with Crippen molar-refractivity contribution in [1.29, 1.82) is 0 Å². The highest BCUT2D eigenvalue weighted by molar-refractivity contribution is 6.33.